The summed E-state index contributed by atoms with van der Waals surface area (Å²) in [6, 6.07) is 1.36. The Morgan fingerprint density at radius 3 is 2.75 bits per heavy atom. The molecule has 0 spiro atoms. The van der Waals surface area contributed by atoms with E-state index in [9.17, 15) is 4.91 Å². The summed E-state index contributed by atoms with van der Waals surface area (Å²) in [5, 5.41) is 11.1. The van der Waals surface area contributed by atoms with Gasteiger partial charge in [0.15, 0.2) is 5.75 Å². The highest BCUT2D eigenvalue weighted by atomic mass is 16.3. The molecule has 1 rings (SSSR count). The third-order valence-corrected chi connectivity index (χ3v) is 0.795. The molecule has 42 valence electrons. The number of nitrogens with one attached hydrogen (secondary N) is 1. The van der Waals surface area contributed by atoms with E-state index in [4.69, 9.17) is 5.11 Å². The molecule has 8 heavy (non-hydrogen) atoms. The van der Waals surface area contributed by atoms with Gasteiger partial charge in [0, 0.05) is 6.20 Å². The maximum absolute atomic E-state index is 9.65. The van der Waals surface area contributed by atoms with Crippen LogP contribution < -0.4 is 0 Å². The zero-order valence-corrected chi connectivity index (χ0v) is 3.96. The van der Waals surface area contributed by atoms with Crippen molar-refractivity contribution in [3.8, 4) is 5.75 Å². The van der Waals surface area contributed by atoms with E-state index in [1.165, 1.54) is 12.3 Å². The van der Waals surface area contributed by atoms with Crippen LogP contribution in [0.5, 0.6) is 5.75 Å². The van der Waals surface area contributed by atoms with E-state index < -0.39 is 0 Å². The molecular weight excluding hydrogens is 108 g/mol. The average Bonchev–Trinajstić information content (AvgIpc) is 2.14. The van der Waals surface area contributed by atoms with Crippen LogP contribution in [0.2, 0.25) is 0 Å². The van der Waals surface area contributed by atoms with E-state index in [1.54, 1.807) is 0 Å². The molecule has 0 amide bonds. The number of nitroso groups, excluding NO2 is 1. The van der Waals surface area contributed by atoms with Gasteiger partial charge in [-0.3, -0.25) is 0 Å². The number of H-pyrrole nitrogens is 1. The minimum absolute atomic E-state index is 0.0231. The third kappa shape index (κ3) is 0.556. The van der Waals surface area contributed by atoms with Crippen molar-refractivity contribution < 1.29 is 5.11 Å². The zero-order chi connectivity index (χ0) is 5.98. The van der Waals surface area contributed by atoms with Crippen molar-refractivity contribution in [2.75, 3.05) is 0 Å². The standard InChI is InChI=1S/C4H4N2O2/c7-3-1-2-5-4(3)6-8/h1-2,5,7H. The van der Waals surface area contributed by atoms with Crippen molar-refractivity contribution in [3.05, 3.63) is 17.2 Å². The van der Waals surface area contributed by atoms with Gasteiger partial charge in [-0.2, -0.15) is 0 Å². The van der Waals surface area contributed by atoms with E-state index >= 15 is 0 Å². The summed E-state index contributed by atoms with van der Waals surface area (Å²) in [6.45, 7) is 0. The van der Waals surface area contributed by atoms with Crippen molar-refractivity contribution in [1.82, 2.24) is 4.98 Å². The van der Waals surface area contributed by atoms with E-state index in [0.717, 1.165) is 0 Å². The van der Waals surface area contributed by atoms with Gasteiger partial charge in [-0.25, -0.2) is 0 Å². The van der Waals surface area contributed by atoms with Crippen LogP contribution in [-0.4, -0.2) is 10.1 Å². The van der Waals surface area contributed by atoms with Crippen LogP contribution in [0.25, 0.3) is 0 Å². The fraction of sp³-hybridized carbons (Fsp3) is 0. The predicted octanol–water partition coefficient (Wildman–Crippen LogP) is 1.12. The third-order valence-electron chi connectivity index (χ3n) is 0.795. The monoisotopic (exact) mass is 112 g/mol. The Hall–Kier alpha value is -1.32. The second-order valence-corrected chi connectivity index (χ2v) is 1.30. The van der Waals surface area contributed by atoms with Crippen LogP contribution in [0.15, 0.2) is 17.4 Å². The minimum atomic E-state index is -0.111. The molecule has 1 aromatic heterocycles. The van der Waals surface area contributed by atoms with Gasteiger partial charge in [0.2, 0.25) is 5.82 Å². The summed E-state index contributed by atoms with van der Waals surface area (Å²) in [5.41, 5.74) is 0. The molecule has 0 unspecified atom stereocenters. The molecule has 1 aromatic rings. The summed E-state index contributed by atoms with van der Waals surface area (Å²) in [4.78, 5) is 12.1. The second kappa shape index (κ2) is 1.65. The molecule has 0 saturated carbocycles. The second-order valence-electron chi connectivity index (χ2n) is 1.30. The van der Waals surface area contributed by atoms with Gasteiger partial charge in [0.05, 0.1) is 0 Å². The lowest BCUT2D eigenvalue weighted by molar-refractivity contribution is 0.477. The molecule has 2 N–H and O–H groups in total. The number of hydrogen-bond acceptors (Lipinski definition) is 3. The first kappa shape index (κ1) is 4.83. The Morgan fingerprint density at radius 2 is 2.50 bits per heavy atom. The highest BCUT2D eigenvalue weighted by Crippen LogP contribution is 2.21. The van der Waals surface area contributed by atoms with Crippen LogP contribution in [0, 0.1) is 4.91 Å². The van der Waals surface area contributed by atoms with Crippen molar-refractivity contribution in [2.45, 2.75) is 0 Å². The topological polar surface area (TPSA) is 65.5 Å². The molecule has 4 nitrogen and oxygen atoms in total. The Kier molecular flexibility index (Phi) is 0.997. The predicted molar refractivity (Wildman–Crippen MR) is 27.9 cm³/mol. The largest absolute Gasteiger partial charge is 0.504 e. The number of aromatic amines is 1. The molecule has 0 radical (unpaired) electrons. The summed E-state index contributed by atoms with van der Waals surface area (Å²) >= 11 is 0. The van der Waals surface area contributed by atoms with E-state index in [2.05, 4.69) is 10.2 Å². The summed E-state index contributed by atoms with van der Waals surface area (Å²) in [5.74, 6) is -0.134. The number of aromatic hydroxyl groups is 1. The van der Waals surface area contributed by atoms with E-state index in [-0.39, 0.29) is 11.6 Å². The van der Waals surface area contributed by atoms with Gasteiger partial charge in [-0.15, -0.1) is 4.91 Å². The Morgan fingerprint density at radius 1 is 1.75 bits per heavy atom. The molecule has 0 aliphatic rings. The SMILES string of the molecule is O=Nc1[nH]ccc1O. The maximum atomic E-state index is 9.65. The highest BCUT2D eigenvalue weighted by molar-refractivity contribution is 5.43. The Bertz CT molecular complexity index is 194. The minimum Gasteiger partial charge on any atom is -0.504 e. The maximum Gasteiger partial charge on any atom is 0.216 e. The van der Waals surface area contributed by atoms with Gasteiger partial charge < -0.3 is 10.1 Å². The normalized spacial score (nSPS) is 9.00. The van der Waals surface area contributed by atoms with Gasteiger partial charge >= 0.3 is 0 Å². The highest BCUT2D eigenvalue weighted by Gasteiger charge is 1.97. The Labute approximate surface area is 45.1 Å². The van der Waals surface area contributed by atoms with E-state index in [1.807, 2.05) is 0 Å². The van der Waals surface area contributed by atoms with Gasteiger partial charge in [-0.05, 0) is 11.2 Å². The summed E-state index contributed by atoms with van der Waals surface area (Å²) in [6.07, 6.45) is 1.44. The number of hydrogen-bond donors (Lipinski definition) is 2. The molecule has 0 saturated heterocycles. The van der Waals surface area contributed by atoms with Crippen LogP contribution in [0.4, 0.5) is 5.82 Å². The van der Waals surface area contributed by atoms with E-state index in [0.29, 0.717) is 0 Å². The molecule has 0 fully saturated rings. The van der Waals surface area contributed by atoms with Crippen molar-refractivity contribution in [3.63, 3.8) is 0 Å². The number of aromatic nitrogens is 1. The number of nitrogens with zero attached hydrogens (tertiary/aromatic N) is 1. The van der Waals surface area contributed by atoms with Gasteiger partial charge in [-0.1, -0.05) is 0 Å². The molecule has 1 heterocycles. The van der Waals surface area contributed by atoms with Gasteiger partial charge in [0.25, 0.3) is 0 Å². The van der Waals surface area contributed by atoms with Crippen molar-refractivity contribution in [1.29, 1.82) is 0 Å². The van der Waals surface area contributed by atoms with Crippen LogP contribution in [-0.2, 0) is 0 Å². The molecule has 0 aliphatic carbocycles. The van der Waals surface area contributed by atoms with Crippen molar-refractivity contribution in [2.24, 2.45) is 5.18 Å². The molecule has 4 heteroatoms. The van der Waals surface area contributed by atoms with Crippen molar-refractivity contribution >= 4 is 5.82 Å². The molecule has 0 atom stereocenters. The Balaban J connectivity index is 3.09. The lowest BCUT2D eigenvalue weighted by Crippen LogP contribution is -1.56. The molecular formula is C4H4N2O2. The molecule has 0 aliphatic heterocycles. The van der Waals surface area contributed by atoms with Crippen LogP contribution in [0.3, 0.4) is 0 Å². The summed E-state index contributed by atoms with van der Waals surface area (Å²) < 4.78 is 0. The first-order valence-electron chi connectivity index (χ1n) is 2.04. The molecule has 0 bridgehead atoms. The molecule has 0 aromatic carbocycles. The fourth-order valence-electron chi connectivity index (χ4n) is 0.426. The average molecular weight is 112 g/mol. The quantitative estimate of drug-likeness (QED) is 0.534. The lowest BCUT2D eigenvalue weighted by Gasteiger charge is -1.78. The first-order chi connectivity index (χ1) is 3.84. The number of rotatable bonds is 1. The fourth-order valence-corrected chi connectivity index (χ4v) is 0.426. The smallest absolute Gasteiger partial charge is 0.216 e. The first-order valence-corrected chi connectivity index (χ1v) is 2.04. The summed E-state index contributed by atoms with van der Waals surface area (Å²) in [7, 11) is 0. The van der Waals surface area contributed by atoms with Crippen LogP contribution >= 0.6 is 0 Å². The van der Waals surface area contributed by atoms with Gasteiger partial charge in [0.1, 0.15) is 0 Å². The zero-order valence-electron chi connectivity index (χ0n) is 3.96. The lowest BCUT2D eigenvalue weighted by atomic mass is 10.6. The van der Waals surface area contributed by atoms with Crippen LogP contribution in [0.1, 0.15) is 0 Å².